The highest BCUT2D eigenvalue weighted by atomic mass is 16.5. The SMILES string of the molecule is C/C=C/c1ccc(OCCCCn2c(C3CC(=O)N(c4cc(C)ccc4C)C3)nc3ccccc32)c(OC)c1. The number of hydrogen-bond acceptors (Lipinski definition) is 4. The number of imidazole rings is 1. The highest BCUT2D eigenvalue weighted by Gasteiger charge is 2.35. The lowest BCUT2D eigenvalue weighted by molar-refractivity contribution is -0.117. The van der Waals surface area contributed by atoms with Crippen LogP contribution in [0.4, 0.5) is 5.69 Å². The van der Waals surface area contributed by atoms with Gasteiger partial charge in [0.2, 0.25) is 5.91 Å². The minimum absolute atomic E-state index is 0.0565. The lowest BCUT2D eigenvalue weighted by Gasteiger charge is -2.20. The van der Waals surface area contributed by atoms with E-state index >= 15 is 0 Å². The monoisotopic (exact) mass is 523 g/mol. The minimum Gasteiger partial charge on any atom is -0.493 e. The average Bonchev–Trinajstić information content (AvgIpc) is 3.51. The normalized spacial score (nSPS) is 15.5. The van der Waals surface area contributed by atoms with Crippen molar-refractivity contribution in [2.45, 2.75) is 52.5 Å². The second-order valence-corrected chi connectivity index (χ2v) is 10.3. The number of benzene rings is 3. The second-order valence-electron chi connectivity index (χ2n) is 10.3. The first kappa shape index (κ1) is 26.5. The summed E-state index contributed by atoms with van der Waals surface area (Å²) < 4.78 is 13.9. The van der Waals surface area contributed by atoms with Gasteiger partial charge in [-0.1, -0.05) is 42.5 Å². The Labute approximate surface area is 230 Å². The van der Waals surface area contributed by atoms with Gasteiger partial charge in [-0.2, -0.15) is 0 Å². The summed E-state index contributed by atoms with van der Waals surface area (Å²) in [6.07, 6.45) is 6.35. The molecule has 39 heavy (non-hydrogen) atoms. The van der Waals surface area contributed by atoms with Gasteiger partial charge in [0.05, 0.1) is 24.8 Å². The molecule has 1 atom stereocenters. The van der Waals surface area contributed by atoms with E-state index in [9.17, 15) is 4.79 Å². The maximum atomic E-state index is 13.2. The van der Waals surface area contributed by atoms with Gasteiger partial charge in [0.1, 0.15) is 5.82 Å². The number of allylic oxidation sites excluding steroid dienone is 1. The van der Waals surface area contributed by atoms with Crippen molar-refractivity contribution in [3.63, 3.8) is 0 Å². The fourth-order valence-electron chi connectivity index (χ4n) is 5.42. The van der Waals surface area contributed by atoms with Crippen molar-refractivity contribution in [2.75, 3.05) is 25.2 Å². The molecule has 1 aliphatic heterocycles. The molecule has 0 saturated carbocycles. The highest BCUT2D eigenvalue weighted by Crippen LogP contribution is 2.35. The molecule has 0 aliphatic carbocycles. The number of anilines is 1. The van der Waals surface area contributed by atoms with E-state index in [2.05, 4.69) is 54.8 Å². The number of ether oxygens (including phenoxy) is 2. The third kappa shape index (κ3) is 5.70. The van der Waals surface area contributed by atoms with Crippen molar-refractivity contribution < 1.29 is 14.3 Å². The van der Waals surface area contributed by atoms with Gasteiger partial charge in [0, 0.05) is 31.1 Å². The third-order valence-corrected chi connectivity index (χ3v) is 7.41. The van der Waals surface area contributed by atoms with Crippen LogP contribution < -0.4 is 14.4 Å². The topological polar surface area (TPSA) is 56.6 Å². The number of rotatable bonds is 10. The molecule has 1 saturated heterocycles. The van der Waals surface area contributed by atoms with Crippen LogP contribution in [0.3, 0.4) is 0 Å². The van der Waals surface area contributed by atoms with Crippen LogP contribution in [0.5, 0.6) is 11.5 Å². The first-order valence-corrected chi connectivity index (χ1v) is 13.7. The Morgan fingerprint density at radius 1 is 1.03 bits per heavy atom. The van der Waals surface area contributed by atoms with E-state index in [1.54, 1.807) is 7.11 Å². The van der Waals surface area contributed by atoms with Crippen LogP contribution in [-0.2, 0) is 11.3 Å². The van der Waals surface area contributed by atoms with Gasteiger partial charge in [-0.25, -0.2) is 4.98 Å². The van der Waals surface area contributed by atoms with Crippen molar-refractivity contribution in [2.24, 2.45) is 0 Å². The molecule has 1 unspecified atom stereocenters. The van der Waals surface area contributed by atoms with Gasteiger partial charge in [-0.15, -0.1) is 0 Å². The summed E-state index contributed by atoms with van der Waals surface area (Å²) in [7, 11) is 1.67. The molecule has 0 spiro atoms. The van der Waals surface area contributed by atoms with Gasteiger partial charge < -0.3 is 18.9 Å². The molecule has 1 aromatic heterocycles. The number of methoxy groups -OCH3 is 1. The number of nitrogens with zero attached hydrogens (tertiary/aromatic N) is 3. The number of fused-ring (bicyclic) bond motifs is 1. The summed E-state index contributed by atoms with van der Waals surface area (Å²) in [6.45, 7) is 8.21. The van der Waals surface area contributed by atoms with E-state index < -0.39 is 0 Å². The quantitative estimate of drug-likeness (QED) is 0.209. The van der Waals surface area contributed by atoms with E-state index in [4.69, 9.17) is 14.5 Å². The first-order chi connectivity index (χ1) is 19.0. The van der Waals surface area contributed by atoms with E-state index in [0.29, 0.717) is 19.6 Å². The van der Waals surface area contributed by atoms with Gasteiger partial charge in [0.15, 0.2) is 11.5 Å². The summed E-state index contributed by atoms with van der Waals surface area (Å²) in [6, 6.07) is 20.5. The predicted octanol–water partition coefficient (Wildman–Crippen LogP) is 7.07. The Balaban J connectivity index is 1.28. The van der Waals surface area contributed by atoms with Crippen LogP contribution in [0.15, 0.2) is 66.7 Å². The minimum atomic E-state index is 0.0565. The molecule has 0 N–H and O–H groups in total. The number of unbranched alkanes of at least 4 members (excludes halogenated alkanes) is 1. The molecule has 4 aromatic rings. The molecular formula is C33H37N3O3. The zero-order chi connectivity index (χ0) is 27.4. The van der Waals surface area contributed by atoms with E-state index in [-0.39, 0.29) is 11.8 Å². The molecule has 2 heterocycles. The summed E-state index contributed by atoms with van der Waals surface area (Å²) in [5.41, 5.74) is 6.47. The number of amides is 1. The maximum Gasteiger partial charge on any atom is 0.227 e. The number of aryl methyl sites for hydroxylation is 3. The molecule has 6 nitrogen and oxygen atoms in total. The Kier molecular flexibility index (Phi) is 8.01. The lowest BCUT2D eigenvalue weighted by Crippen LogP contribution is -2.25. The van der Waals surface area contributed by atoms with Crippen LogP contribution in [0, 0.1) is 13.8 Å². The van der Waals surface area contributed by atoms with Gasteiger partial charge >= 0.3 is 0 Å². The van der Waals surface area contributed by atoms with Crippen LogP contribution in [0.2, 0.25) is 0 Å². The first-order valence-electron chi connectivity index (χ1n) is 13.7. The van der Waals surface area contributed by atoms with Crippen molar-refractivity contribution in [1.29, 1.82) is 0 Å². The van der Waals surface area contributed by atoms with Crippen molar-refractivity contribution in [1.82, 2.24) is 9.55 Å². The van der Waals surface area contributed by atoms with Gasteiger partial charge in [-0.3, -0.25) is 4.79 Å². The molecule has 0 bridgehead atoms. The summed E-state index contributed by atoms with van der Waals surface area (Å²) in [4.78, 5) is 20.1. The number of para-hydroxylation sites is 2. The third-order valence-electron chi connectivity index (χ3n) is 7.41. The van der Waals surface area contributed by atoms with E-state index in [1.807, 2.05) is 48.2 Å². The number of carbonyl (C=O) groups excluding carboxylic acids is 1. The van der Waals surface area contributed by atoms with Crippen molar-refractivity contribution in [3.05, 3.63) is 89.3 Å². The summed E-state index contributed by atoms with van der Waals surface area (Å²) in [5.74, 6) is 2.72. The molecule has 3 aromatic carbocycles. The fourth-order valence-corrected chi connectivity index (χ4v) is 5.42. The number of carbonyl (C=O) groups is 1. The fraction of sp³-hybridized carbons (Fsp3) is 0.333. The largest absolute Gasteiger partial charge is 0.493 e. The van der Waals surface area contributed by atoms with Crippen LogP contribution >= 0.6 is 0 Å². The molecule has 6 heteroatoms. The average molecular weight is 524 g/mol. The Morgan fingerprint density at radius 3 is 2.69 bits per heavy atom. The Morgan fingerprint density at radius 2 is 1.87 bits per heavy atom. The highest BCUT2D eigenvalue weighted by molar-refractivity contribution is 5.97. The smallest absolute Gasteiger partial charge is 0.227 e. The van der Waals surface area contributed by atoms with Crippen LogP contribution in [0.25, 0.3) is 17.1 Å². The summed E-state index contributed by atoms with van der Waals surface area (Å²) >= 11 is 0. The maximum absolute atomic E-state index is 13.2. The zero-order valence-corrected chi connectivity index (χ0v) is 23.3. The molecule has 1 amide bonds. The zero-order valence-electron chi connectivity index (χ0n) is 23.3. The van der Waals surface area contributed by atoms with E-state index in [1.165, 1.54) is 0 Å². The Bertz CT molecular complexity index is 1500. The van der Waals surface area contributed by atoms with Crippen molar-refractivity contribution >= 4 is 28.7 Å². The van der Waals surface area contributed by atoms with Crippen LogP contribution in [0.1, 0.15) is 54.6 Å². The number of aromatic nitrogens is 2. The summed E-state index contributed by atoms with van der Waals surface area (Å²) in [5, 5.41) is 0. The predicted molar refractivity (Wildman–Crippen MR) is 158 cm³/mol. The van der Waals surface area contributed by atoms with Crippen molar-refractivity contribution in [3.8, 4) is 11.5 Å². The molecule has 1 fully saturated rings. The molecular weight excluding hydrogens is 486 g/mol. The molecule has 5 rings (SSSR count). The molecule has 1 aliphatic rings. The van der Waals surface area contributed by atoms with E-state index in [0.717, 1.165) is 70.1 Å². The van der Waals surface area contributed by atoms with Gasteiger partial charge in [-0.05, 0) is 80.6 Å². The number of hydrogen-bond donors (Lipinski definition) is 0. The molecule has 202 valence electrons. The van der Waals surface area contributed by atoms with Gasteiger partial charge in [0.25, 0.3) is 0 Å². The second kappa shape index (κ2) is 11.8. The Hall–Kier alpha value is -4.06. The molecule has 0 radical (unpaired) electrons. The van der Waals surface area contributed by atoms with Crippen LogP contribution in [-0.4, -0.2) is 35.7 Å². The standard InChI is InChI=1S/C33H37N3O3/c1-5-10-25-15-16-30(31(20-25)38-4)39-18-9-8-17-35-28-12-7-6-11-27(28)34-33(35)26-21-32(37)36(22-26)29-19-23(2)13-14-24(29)3/h5-7,10-16,19-20,26H,8-9,17-18,21-22H2,1-4H3/b10-5+. The lowest BCUT2D eigenvalue weighted by atomic mass is 10.1.